The summed E-state index contributed by atoms with van der Waals surface area (Å²) in [6.07, 6.45) is 2.93. The van der Waals surface area contributed by atoms with Gasteiger partial charge >= 0.3 is 0 Å². The fourth-order valence-electron chi connectivity index (χ4n) is 4.43. The van der Waals surface area contributed by atoms with Crippen LogP contribution in [0.3, 0.4) is 0 Å². The number of likely N-dealkylation sites (tertiary alicyclic amines) is 1. The molecule has 2 amide bonds. The smallest absolute Gasteiger partial charge is 0.259 e. The SMILES string of the molecule is CC(=O)N(Cc1ccsc1)[C@@H]1CC12CCN(C(=O)c1c(C)noc1C)CC2. The Morgan fingerprint density at radius 2 is 2.11 bits per heavy atom. The molecule has 0 N–H and O–H groups in total. The van der Waals surface area contributed by atoms with E-state index in [1.165, 1.54) is 5.56 Å². The van der Waals surface area contributed by atoms with Crippen LogP contribution in [0.4, 0.5) is 0 Å². The number of carbonyl (C=O) groups is 2. The highest BCUT2D eigenvalue weighted by molar-refractivity contribution is 7.07. The van der Waals surface area contributed by atoms with E-state index in [2.05, 4.69) is 22.0 Å². The lowest BCUT2D eigenvalue weighted by molar-refractivity contribution is -0.130. The maximum atomic E-state index is 12.8. The number of rotatable bonds is 4. The van der Waals surface area contributed by atoms with Gasteiger partial charge in [0, 0.05) is 32.6 Å². The van der Waals surface area contributed by atoms with Crippen LogP contribution in [0.2, 0.25) is 0 Å². The molecule has 0 aromatic carbocycles. The summed E-state index contributed by atoms with van der Waals surface area (Å²) in [5, 5.41) is 8.06. The van der Waals surface area contributed by atoms with Gasteiger partial charge in [0.15, 0.2) is 0 Å². The Labute approximate surface area is 163 Å². The topological polar surface area (TPSA) is 66.7 Å². The van der Waals surface area contributed by atoms with E-state index in [0.29, 0.717) is 29.6 Å². The van der Waals surface area contributed by atoms with Gasteiger partial charge in [0.1, 0.15) is 11.3 Å². The summed E-state index contributed by atoms with van der Waals surface area (Å²) < 4.78 is 5.14. The molecule has 1 atom stereocenters. The average molecular weight is 388 g/mol. The first-order valence-electron chi connectivity index (χ1n) is 9.42. The van der Waals surface area contributed by atoms with Gasteiger partial charge in [-0.2, -0.15) is 11.3 Å². The summed E-state index contributed by atoms with van der Waals surface area (Å²) in [5.74, 6) is 0.734. The van der Waals surface area contributed by atoms with Gasteiger partial charge in [0.2, 0.25) is 5.91 Å². The summed E-state index contributed by atoms with van der Waals surface area (Å²) in [5.41, 5.74) is 2.63. The highest BCUT2D eigenvalue weighted by Crippen LogP contribution is 2.57. The average Bonchev–Trinajstić information content (AvgIpc) is 2.98. The predicted octanol–water partition coefficient (Wildman–Crippen LogP) is 3.40. The van der Waals surface area contributed by atoms with E-state index < -0.39 is 0 Å². The van der Waals surface area contributed by atoms with Gasteiger partial charge in [-0.15, -0.1) is 0 Å². The lowest BCUT2D eigenvalue weighted by Crippen LogP contribution is -2.42. The normalized spacial score (nSPS) is 20.7. The second kappa shape index (κ2) is 6.78. The van der Waals surface area contributed by atoms with Crippen LogP contribution in [-0.2, 0) is 11.3 Å². The Kier molecular flexibility index (Phi) is 4.58. The summed E-state index contributed by atoms with van der Waals surface area (Å²) in [4.78, 5) is 29.0. The van der Waals surface area contributed by atoms with Crippen molar-refractivity contribution >= 4 is 23.2 Å². The molecule has 0 bridgehead atoms. The minimum Gasteiger partial charge on any atom is -0.361 e. The minimum atomic E-state index is 0.0139. The molecule has 27 heavy (non-hydrogen) atoms. The Morgan fingerprint density at radius 3 is 2.67 bits per heavy atom. The zero-order valence-corrected chi connectivity index (χ0v) is 16.8. The number of piperidine rings is 1. The zero-order chi connectivity index (χ0) is 19.2. The van der Waals surface area contributed by atoms with Crippen molar-refractivity contribution in [3.8, 4) is 0 Å². The zero-order valence-electron chi connectivity index (χ0n) is 16.0. The monoisotopic (exact) mass is 387 g/mol. The number of aryl methyl sites for hydroxylation is 2. The van der Waals surface area contributed by atoms with Crippen molar-refractivity contribution in [2.24, 2.45) is 5.41 Å². The molecule has 1 saturated heterocycles. The summed E-state index contributed by atoms with van der Waals surface area (Å²) in [6, 6.07) is 2.38. The Balaban J connectivity index is 1.40. The van der Waals surface area contributed by atoms with E-state index in [0.717, 1.165) is 32.4 Å². The van der Waals surface area contributed by atoms with Crippen molar-refractivity contribution in [2.45, 2.75) is 52.6 Å². The van der Waals surface area contributed by atoms with E-state index in [1.54, 1.807) is 32.1 Å². The second-order valence-corrected chi connectivity index (χ2v) is 8.63. The van der Waals surface area contributed by atoms with Crippen molar-refractivity contribution in [1.82, 2.24) is 15.0 Å². The van der Waals surface area contributed by atoms with E-state index in [4.69, 9.17) is 4.52 Å². The predicted molar refractivity (Wildman–Crippen MR) is 102 cm³/mol. The van der Waals surface area contributed by atoms with E-state index in [-0.39, 0.29) is 17.2 Å². The minimum absolute atomic E-state index is 0.0139. The fraction of sp³-hybridized carbons (Fsp3) is 0.550. The van der Waals surface area contributed by atoms with E-state index in [1.807, 2.05) is 9.80 Å². The van der Waals surface area contributed by atoms with E-state index in [9.17, 15) is 9.59 Å². The lowest BCUT2D eigenvalue weighted by atomic mass is 9.91. The molecule has 6 nitrogen and oxygen atoms in total. The van der Waals surface area contributed by atoms with Crippen LogP contribution < -0.4 is 0 Å². The standard InChI is InChI=1S/C20H25N3O3S/c1-13-18(14(2)26-21-13)19(25)22-7-5-20(6-8-22)10-17(20)23(15(3)24)11-16-4-9-27-12-16/h4,9,12,17H,5-8,10-11H2,1-3H3/t17-/m1/s1. The Hall–Kier alpha value is -2.15. The molecule has 0 unspecified atom stereocenters. The van der Waals surface area contributed by atoms with Crippen LogP contribution in [0.25, 0.3) is 0 Å². The van der Waals surface area contributed by atoms with E-state index >= 15 is 0 Å². The van der Waals surface area contributed by atoms with Crippen molar-refractivity contribution in [3.05, 3.63) is 39.4 Å². The molecule has 1 saturated carbocycles. The van der Waals surface area contributed by atoms with Gasteiger partial charge in [-0.3, -0.25) is 9.59 Å². The second-order valence-electron chi connectivity index (χ2n) is 7.85. The number of thiophene rings is 1. The molecule has 1 aliphatic carbocycles. The summed E-state index contributed by atoms with van der Waals surface area (Å²) in [7, 11) is 0. The molecule has 4 rings (SSSR count). The number of carbonyl (C=O) groups excluding carboxylic acids is 2. The van der Waals surface area contributed by atoms with Gasteiger partial charge in [-0.05, 0) is 60.9 Å². The molecule has 2 fully saturated rings. The maximum Gasteiger partial charge on any atom is 0.259 e. The maximum absolute atomic E-state index is 12.8. The first-order valence-corrected chi connectivity index (χ1v) is 10.4. The number of hydrogen-bond acceptors (Lipinski definition) is 5. The number of hydrogen-bond donors (Lipinski definition) is 0. The fourth-order valence-corrected chi connectivity index (χ4v) is 5.09. The summed E-state index contributed by atoms with van der Waals surface area (Å²) in [6.45, 7) is 7.39. The quantitative estimate of drug-likeness (QED) is 0.806. The molecular formula is C20H25N3O3S. The van der Waals surface area contributed by atoms with Crippen LogP contribution in [0.15, 0.2) is 21.3 Å². The first-order chi connectivity index (χ1) is 12.9. The van der Waals surface area contributed by atoms with Gasteiger partial charge in [0.05, 0.1) is 5.69 Å². The van der Waals surface area contributed by atoms with Crippen LogP contribution in [-0.4, -0.2) is 45.9 Å². The third-order valence-electron chi connectivity index (χ3n) is 6.15. The number of aromatic nitrogens is 1. The van der Waals surface area contributed by atoms with Crippen molar-refractivity contribution in [1.29, 1.82) is 0 Å². The van der Waals surface area contributed by atoms with Gasteiger partial charge in [0.25, 0.3) is 5.91 Å². The number of amides is 2. The van der Waals surface area contributed by atoms with Gasteiger partial charge in [-0.25, -0.2) is 0 Å². The molecule has 0 radical (unpaired) electrons. The number of nitrogens with zero attached hydrogens (tertiary/aromatic N) is 3. The highest BCUT2D eigenvalue weighted by Gasteiger charge is 2.58. The third-order valence-corrected chi connectivity index (χ3v) is 6.89. The molecule has 1 aliphatic heterocycles. The van der Waals surface area contributed by atoms with Crippen molar-refractivity contribution < 1.29 is 14.1 Å². The molecule has 3 heterocycles. The lowest BCUT2D eigenvalue weighted by Gasteiger charge is -2.34. The van der Waals surface area contributed by atoms with Crippen LogP contribution in [0.5, 0.6) is 0 Å². The molecule has 2 aromatic heterocycles. The van der Waals surface area contributed by atoms with Gasteiger partial charge < -0.3 is 14.3 Å². The van der Waals surface area contributed by atoms with Crippen LogP contribution in [0, 0.1) is 19.3 Å². The molecule has 1 spiro atoms. The highest BCUT2D eigenvalue weighted by atomic mass is 32.1. The molecule has 2 aromatic rings. The molecular weight excluding hydrogens is 362 g/mol. The van der Waals surface area contributed by atoms with Crippen molar-refractivity contribution in [3.63, 3.8) is 0 Å². The molecule has 2 aliphatic rings. The third kappa shape index (κ3) is 3.29. The Bertz CT molecular complexity index is 830. The molecule has 7 heteroatoms. The molecule has 144 valence electrons. The van der Waals surface area contributed by atoms with Gasteiger partial charge in [-0.1, -0.05) is 5.16 Å². The summed E-state index contributed by atoms with van der Waals surface area (Å²) >= 11 is 1.66. The Morgan fingerprint density at radius 1 is 1.37 bits per heavy atom. The van der Waals surface area contributed by atoms with Crippen LogP contribution >= 0.6 is 11.3 Å². The van der Waals surface area contributed by atoms with Crippen molar-refractivity contribution in [2.75, 3.05) is 13.1 Å². The largest absolute Gasteiger partial charge is 0.361 e. The van der Waals surface area contributed by atoms with Crippen LogP contribution in [0.1, 0.15) is 53.6 Å². The first kappa shape index (κ1) is 18.2.